The van der Waals surface area contributed by atoms with E-state index in [-0.39, 0.29) is 0 Å². The molecular weight excluding hydrogens is 202 g/mol. The fourth-order valence-corrected chi connectivity index (χ4v) is 2.45. The quantitative estimate of drug-likeness (QED) is 0.670. The highest BCUT2D eigenvalue weighted by Gasteiger charge is 2.18. The summed E-state index contributed by atoms with van der Waals surface area (Å²) in [6, 6.07) is 0. The number of hydrogen-bond acceptors (Lipinski definition) is 4. The second-order valence-electron chi connectivity index (χ2n) is 5.06. The Labute approximate surface area is 98.2 Å². The molecule has 0 N–H and O–H groups in total. The Morgan fingerprint density at radius 3 is 2.38 bits per heavy atom. The van der Waals surface area contributed by atoms with Gasteiger partial charge in [-0.15, -0.1) is 0 Å². The van der Waals surface area contributed by atoms with Crippen LogP contribution >= 0.6 is 0 Å². The van der Waals surface area contributed by atoms with Gasteiger partial charge in [0.25, 0.3) is 0 Å². The SMILES string of the molecule is CN1CCN(CCN2CCCC(=O)C2)CC1. The Morgan fingerprint density at radius 1 is 1.00 bits per heavy atom. The number of likely N-dealkylation sites (tertiary alicyclic amines) is 1. The minimum atomic E-state index is 0.421. The van der Waals surface area contributed by atoms with E-state index in [9.17, 15) is 4.79 Å². The van der Waals surface area contributed by atoms with Gasteiger partial charge in [-0.3, -0.25) is 14.6 Å². The molecule has 0 spiro atoms. The first-order valence-electron chi connectivity index (χ1n) is 6.39. The van der Waals surface area contributed by atoms with Gasteiger partial charge in [0.15, 0.2) is 0 Å². The summed E-state index contributed by atoms with van der Waals surface area (Å²) in [4.78, 5) is 18.5. The summed E-state index contributed by atoms with van der Waals surface area (Å²) in [5.41, 5.74) is 0. The van der Waals surface area contributed by atoms with E-state index in [2.05, 4.69) is 21.7 Å². The van der Waals surface area contributed by atoms with Crippen molar-refractivity contribution in [2.75, 3.05) is 59.4 Å². The first kappa shape index (κ1) is 12.0. The summed E-state index contributed by atoms with van der Waals surface area (Å²) in [7, 11) is 2.18. The fraction of sp³-hybridized carbons (Fsp3) is 0.917. The fourth-order valence-electron chi connectivity index (χ4n) is 2.45. The van der Waals surface area contributed by atoms with Gasteiger partial charge in [-0.2, -0.15) is 0 Å². The molecule has 0 aromatic rings. The maximum atomic E-state index is 11.3. The molecule has 0 atom stereocenters. The number of nitrogens with zero attached hydrogens (tertiary/aromatic N) is 3. The number of ketones is 1. The highest BCUT2D eigenvalue weighted by atomic mass is 16.1. The molecule has 0 unspecified atom stereocenters. The Bertz CT molecular complexity index is 236. The molecule has 0 aliphatic carbocycles. The van der Waals surface area contributed by atoms with Gasteiger partial charge in [0, 0.05) is 45.7 Å². The van der Waals surface area contributed by atoms with Crippen LogP contribution in [0.4, 0.5) is 0 Å². The van der Waals surface area contributed by atoms with E-state index in [4.69, 9.17) is 0 Å². The van der Waals surface area contributed by atoms with E-state index in [1.54, 1.807) is 0 Å². The summed E-state index contributed by atoms with van der Waals surface area (Å²) in [5.74, 6) is 0.421. The molecule has 2 aliphatic heterocycles. The van der Waals surface area contributed by atoms with Crippen LogP contribution in [0.2, 0.25) is 0 Å². The van der Waals surface area contributed by atoms with Crippen molar-refractivity contribution < 1.29 is 4.79 Å². The highest BCUT2D eigenvalue weighted by molar-refractivity contribution is 5.81. The van der Waals surface area contributed by atoms with E-state index < -0.39 is 0 Å². The summed E-state index contributed by atoms with van der Waals surface area (Å²) in [6.07, 6.45) is 1.85. The number of likely N-dealkylation sites (N-methyl/N-ethyl adjacent to an activating group) is 1. The lowest BCUT2D eigenvalue weighted by Gasteiger charge is -2.34. The summed E-state index contributed by atoms with van der Waals surface area (Å²) in [5, 5.41) is 0. The molecule has 2 aliphatic rings. The molecule has 4 heteroatoms. The summed E-state index contributed by atoms with van der Waals surface area (Å²) in [6.45, 7) is 8.71. The second-order valence-corrected chi connectivity index (χ2v) is 5.06. The average molecular weight is 225 g/mol. The third-order valence-electron chi connectivity index (χ3n) is 3.66. The topological polar surface area (TPSA) is 26.8 Å². The van der Waals surface area contributed by atoms with Crippen LogP contribution in [0.3, 0.4) is 0 Å². The number of carbonyl (C=O) groups excluding carboxylic acids is 1. The van der Waals surface area contributed by atoms with E-state index in [1.165, 1.54) is 26.2 Å². The van der Waals surface area contributed by atoms with E-state index in [0.29, 0.717) is 12.3 Å². The summed E-state index contributed by atoms with van der Waals surface area (Å²) < 4.78 is 0. The molecule has 2 fully saturated rings. The molecule has 0 bridgehead atoms. The molecule has 0 radical (unpaired) electrons. The maximum Gasteiger partial charge on any atom is 0.146 e. The molecule has 0 saturated carbocycles. The normalized spacial score (nSPS) is 26.2. The first-order chi connectivity index (χ1) is 7.74. The minimum absolute atomic E-state index is 0.421. The Morgan fingerprint density at radius 2 is 1.69 bits per heavy atom. The molecule has 0 aromatic heterocycles. The van der Waals surface area contributed by atoms with Crippen molar-refractivity contribution in [2.45, 2.75) is 12.8 Å². The Balaban J connectivity index is 1.65. The first-order valence-corrected chi connectivity index (χ1v) is 6.39. The van der Waals surface area contributed by atoms with Gasteiger partial charge >= 0.3 is 0 Å². The number of hydrogen-bond donors (Lipinski definition) is 0. The van der Waals surface area contributed by atoms with Crippen LogP contribution in [0.15, 0.2) is 0 Å². The van der Waals surface area contributed by atoms with Crippen LogP contribution in [0.1, 0.15) is 12.8 Å². The van der Waals surface area contributed by atoms with Crippen molar-refractivity contribution in [2.24, 2.45) is 0 Å². The lowest BCUT2D eigenvalue weighted by Crippen LogP contribution is -2.48. The largest absolute Gasteiger partial charge is 0.304 e. The van der Waals surface area contributed by atoms with Crippen molar-refractivity contribution >= 4 is 5.78 Å². The lowest BCUT2D eigenvalue weighted by atomic mass is 10.1. The van der Waals surface area contributed by atoms with Gasteiger partial charge < -0.3 is 4.90 Å². The van der Waals surface area contributed by atoms with E-state index in [1.807, 2.05) is 0 Å². The van der Waals surface area contributed by atoms with Crippen LogP contribution in [0.25, 0.3) is 0 Å². The zero-order valence-corrected chi connectivity index (χ0v) is 10.3. The van der Waals surface area contributed by atoms with Crippen molar-refractivity contribution in [3.8, 4) is 0 Å². The minimum Gasteiger partial charge on any atom is -0.304 e. The van der Waals surface area contributed by atoms with Crippen LogP contribution in [-0.2, 0) is 4.79 Å². The third kappa shape index (κ3) is 3.54. The maximum absolute atomic E-state index is 11.3. The zero-order valence-electron chi connectivity index (χ0n) is 10.3. The van der Waals surface area contributed by atoms with Crippen molar-refractivity contribution in [1.29, 1.82) is 0 Å². The lowest BCUT2D eigenvalue weighted by molar-refractivity contribution is -0.122. The van der Waals surface area contributed by atoms with Gasteiger partial charge in [0.2, 0.25) is 0 Å². The molecular formula is C12H23N3O. The zero-order chi connectivity index (χ0) is 11.4. The molecule has 16 heavy (non-hydrogen) atoms. The average Bonchev–Trinajstić information content (AvgIpc) is 2.28. The molecule has 92 valence electrons. The molecule has 2 rings (SSSR count). The van der Waals surface area contributed by atoms with Crippen LogP contribution in [-0.4, -0.2) is 79.9 Å². The summed E-state index contributed by atoms with van der Waals surface area (Å²) >= 11 is 0. The number of piperidine rings is 1. The highest BCUT2D eigenvalue weighted by Crippen LogP contribution is 2.06. The molecule has 2 saturated heterocycles. The predicted octanol–water partition coefficient (Wildman–Crippen LogP) is -0.101. The van der Waals surface area contributed by atoms with Crippen molar-refractivity contribution in [3.63, 3.8) is 0 Å². The standard InChI is InChI=1S/C12H23N3O/c1-13-5-7-14(8-6-13)9-10-15-4-2-3-12(16)11-15/h2-11H2,1H3. The number of carbonyl (C=O) groups is 1. The van der Waals surface area contributed by atoms with Gasteiger partial charge in [-0.1, -0.05) is 0 Å². The molecule has 0 amide bonds. The van der Waals surface area contributed by atoms with Gasteiger partial charge in [-0.05, 0) is 20.0 Å². The van der Waals surface area contributed by atoms with E-state index in [0.717, 1.165) is 32.5 Å². The van der Waals surface area contributed by atoms with Gasteiger partial charge in [0.1, 0.15) is 5.78 Å². The van der Waals surface area contributed by atoms with Gasteiger partial charge in [-0.25, -0.2) is 0 Å². The molecule has 4 nitrogen and oxygen atoms in total. The van der Waals surface area contributed by atoms with Crippen molar-refractivity contribution in [3.05, 3.63) is 0 Å². The molecule has 2 heterocycles. The van der Waals surface area contributed by atoms with Crippen molar-refractivity contribution in [1.82, 2.24) is 14.7 Å². The number of piperazine rings is 1. The Kier molecular flexibility index (Phi) is 4.32. The molecule has 0 aromatic carbocycles. The Hall–Kier alpha value is -0.450. The third-order valence-corrected chi connectivity index (χ3v) is 3.66. The smallest absolute Gasteiger partial charge is 0.146 e. The van der Waals surface area contributed by atoms with Gasteiger partial charge in [0.05, 0.1) is 6.54 Å². The van der Waals surface area contributed by atoms with Crippen LogP contribution < -0.4 is 0 Å². The monoisotopic (exact) mass is 225 g/mol. The predicted molar refractivity (Wildman–Crippen MR) is 64.6 cm³/mol. The van der Waals surface area contributed by atoms with Crippen LogP contribution in [0, 0.1) is 0 Å². The second kappa shape index (κ2) is 5.75. The van der Waals surface area contributed by atoms with E-state index >= 15 is 0 Å². The number of Topliss-reactive ketones (excluding diaryl/α,β-unsaturated/α-hetero) is 1. The number of rotatable bonds is 3. The van der Waals surface area contributed by atoms with Crippen LogP contribution in [0.5, 0.6) is 0 Å².